The summed E-state index contributed by atoms with van der Waals surface area (Å²) in [6.07, 6.45) is 2.77. The summed E-state index contributed by atoms with van der Waals surface area (Å²) < 4.78 is 6.77. The van der Waals surface area contributed by atoms with Crippen LogP contribution in [0.25, 0.3) is 0 Å². The maximum absolute atomic E-state index is 5.69. The first-order valence-corrected chi connectivity index (χ1v) is 7.46. The Hall–Kier alpha value is -1.46. The van der Waals surface area contributed by atoms with Crippen LogP contribution in [0, 0.1) is 6.92 Å². The van der Waals surface area contributed by atoms with E-state index >= 15 is 0 Å². The molecule has 1 atom stereocenters. The summed E-state index contributed by atoms with van der Waals surface area (Å²) in [5.41, 5.74) is 2.22. The Kier molecular flexibility index (Phi) is 3.98. The Bertz CT molecular complexity index is 618. The van der Waals surface area contributed by atoms with Gasteiger partial charge < -0.3 is 10.1 Å². The molecule has 0 spiro atoms. The van der Waals surface area contributed by atoms with Gasteiger partial charge in [0.15, 0.2) is 0 Å². The molecule has 5 heteroatoms. The first-order chi connectivity index (χ1) is 9.72. The highest BCUT2D eigenvalue weighted by molar-refractivity contribution is 9.10. The minimum Gasteiger partial charge on any atom is -0.493 e. The van der Waals surface area contributed by atoms with Crippen molar-refractivity contribution in [1.82, 2.24) is 15.3 Å². The van der Waals surface area contributed by atoms with Crippen LogP contribution in [-0.4, -0.2) is 16.6 Å². The molecule has 2 aromatic rings. The van der Waals surface area contributed by atoms with Gasteiger partial charge in [0.25, 0.3) is 0 Å². The number of hydrogen-bond acceptors (Lipinski definition) is 4. The average molecular weight is 334 g/mol. The summed E-state index contributed by atoms with van der Waals surface area (Å²) in [6, 6.07) is 8.39. The van der Waals surface area contributed by atoms with E-state index in [4.69, 9.17) is 4.74 Å². The van der Waals surface area contributed by atoms with Crippen molar-refractivity contribution in [3.8, 4) is 5.75 Å². The molecule has 0 aliphatic carbocycles. The molecule has 0 radical (unpaired) electrons. The van der Waals surface area contributed by atoms with Gasteiger partial charge in [0.05, 0.1) is 12.3 Å². The monoisotopic (exact) mass is 333 g/mol. The SMILES string of the molecule is Cc1nccc(CNC2CCOc3ccc(Br)cc32)n1. The van der Waals surface area contributed by atoms with Gasteiger partial charge in [-0.15, -0.1) is 0 Å². The van der Waals surface area contributed by atoms with Crippen LogP contribution in [0.5, 0.6) is 5.75 Å². The van der Waals surface area contributed by atoms with Crippen molar-refractivity contribution in [2.75, 3.05) is 6.61 Å². The number of hydrogen-bond donors (Lipinski definition) is 1. The largest absolute Gasteiger partial charge is 0.493 e. The predicted octanol–water partition coefficient (Wildman–Crippen LogP) is 3.16. The maximum Gasteiger partial charge on any atom is 0.125 e. The van der Waals surface area contributed by atoms with Crippen LogP contribution < -0.4 is 10.1 Å². The van der Waals surface area contributed by atoms with E-state index in [1.54, 1.807) is 6.20 Å². The lowest BCUT2D eigenvalue weighted by Crippen LogP contribution is -2.27. The molecule has 3 rings (SSSR count). The van der Waals surface area contributed by atoms with E-state index < -0.39 is 0 Å². The van der Waals surface area contributed by atoms with Crippen molar-refractivity contribution in [2.24, 2.45) is 0 Å². The van der Waals surface area contributed by atoms with E-state index in [1.807, 2.05) is 25.1 Å². The fourth-order valence-electron chi connectivity index (χ4n) is 2.41. The summed E-state index contributed by atoms with van der Waals surface area (Å²) >= 11 is 3.52. The molecule has 4 nitrogen and oxygen atoms in total. The van der Waals surface area contributed by atoms with Crippen molar-refractivity contribution in [3.63, 3.8) is 0 Å². The predicted molar refractivity (Wildman–Crippen MR) is 80.6 cm³/mol. The highest BCUT2D eigenvalue weighted by atomic mass is 79.9. The van der Waals surface area contributed by atoms with Crippen molar-refractivity contribution in [2.45, 2.75) is 25.9 Å². The maximum atomic E-state index is 5.69. The second-order valence-electron chi connectivity index (χ2n) is 4.85. The Labute approximate surface area is 126 Å². The minimum absolute atomic E-state index is 0.298. The van der Waals surface area contributed by atoms with Crippen LogP contribution >= 0.6 is 15.9 Å². The zero-order valence-electron chi connectivity index (χ0n) is 11.3. The Balaban J connectivity index is 1.75. The first kappa shape index (κ1) is 13.5. The second kappa shape index (κ2) is 5.89. The van der Waals surface area contributed by atoms with Crippen molar-refractivity contribution in [3.05, 3.63) is 52.0 Å². The van der Waals surface area contributed by atoms with Crippen LogP contribution in [0.2, 0.25) is 0 Å². The molecular formula is C15H16BrN3O. The molecular weight excluding hydrogens is 318 g/mol. The summed E-state index contributed by atoms with van der Waals surface area (Å²) in [6.45, 7) is 3.39. The number of aryl methyl sites for hydroxylation is 1. The van der Waals surface area contributed by atoms with Gasteiger partial charge in [0, 0.05) is 35.2 Å². The molecule has 0 bridgehead atoms. The Morgan fingerprint density at radius 2 is 2.30 bits per heavy atom. The molecule has 1 aliphatic heterocycles. The summed E-state index contributed by atoms with van der Waals surface area (Å²) in [7, 11) is 0. The molecule has 20 heavy (non-hydrogen) atoms. The molecule has 0 amide bonds. The smallest absolute Gasteiger partial charge is 0.125 e. The molecule has 1 unspecified atom stereocenters. The van der Waals surface area contributed by atoms with Gasteiger partial charge in [-0.3, -0.25) is 0 Å². The lowest BCUT2D eigenvalue weighted by Gasteiger charge is -2.27. The lowest BCUT2D eigenvalue weighted by molar-refractivity contribution is 0.252. The number of nitrogens with one attached hydrogen (secondary N) is 1. The van der Waals surface area contributed by atoms with Crippen molar-refractivity contribution >= 4 is 15.9 Å². The zero-order valence-corrected chi connectivity index (χ0v) is 12.9. The van der Waals surface area contributed by atoms with Gasteiger partial charge in [0.2, 0.25) is 0 Å². The Morgan fingerprint density at radius 3 is 3.15 bits per heavy atom. The number of benzene rings is 1. The first-order valence-electron chi connectivity index (χ1n) is 6.66. The standard InChI is InChI=1S/C15H16BrN3O/c1-10-17-6-4-12(19-10)9-18-14-5-7-20-15-3-2-11(16)8-13(14)15/h2-4,6,8,14,18H,5,7,9H2,1H3. The third-order valence-electron chi connectivity index (χ3n) is 3.37. The van der Waals surface area contributed by atoms with E-state index in [0.29, 0.717) is 6.04 Å². The quantitative estimate of drug-likeness (QED) is 0.937. The van der Waals surface area contributed by atoms with Gasteiger partial charge in [-0.05, 0) is 31.2 Å². The van der Waals surface area contributed by atoms with Gasteiger partial charge >= 0.3 is 0 Å². The zero-order chi connectivity index (χ0) is 13.9. The third-order valence-corrected chi connectivity index (χ3v) is 3.87. The molecule has 0 saturated heterocycles. The van der Waals surface area contributed by atoms with E-state index in [-0.39, 0.29) is 0 Å². The highest BCUT2D eigenvalue weighted by Gasteiger charge is 2.21. The highest BCUT2D eigenvalue weighted by Crippen LogP contribution is 2.34. The average Bonchev–Trinajstić information content (AvgIpc) is 2.45. The topological polar surface area (TPSA) is 47.0 Å². The van der Waals surface area contributed by atoms with Crippen LogP contribution in [0.1, 0.15) is 29.5 Å². The van der Waals surface area contributed by atoms with Crippen LogP contribution in [-0.2, 0) is 6.54 Å². The lowest BCUT2D eigenvalue weighted by atomic mass is 10.0. The van der Waals surface area contributed by atoms with Gasteiger partial charge in [-0.25, -0.2) is 9.97 Å². The number of rotatable bonds is 3. The van der Waals surface area contributed by atoms with Gasteiger partial charge in [-0.2, -0.15) is 0 Å². The third kappa shape index (κ3) is 2.99. The molecule has 1 aromatic carbocycles. The molecule has 1 aromatic heterocycles. The summed E-state index contributed by atoms with van der Waals surface area (Å²) in [5, 5.41) is 3.56. The molecule has 104 valence electrons. The van der Waals surface area contributed by atoms with Crippen molar-refractivity contribution < 1.29 is 4.74 Å². The number of halogens is 1. The van der Waals surface area contributed by atoms with Crippen molar-refractivity contribution in [1.29, 1.82) is 0 Å². The molecule has 2 heterocycles. The van der Waals surface area contributed by atoms with Crippen LogP contribution in [0.15, 0.2) is 34.9 Å². The molecule has 0 fully saturated rings. The van der Waals surface area contributed by atoms with E-state index in [2.05, 4.69) is 37.3 Å². The number of ether oxygens (including phenoxy) is 1. The Morgan fingerprint density at radius 1 is 1.40 bits per heavy atom. The fraction of sp³-hybridized carbons (Fsp3) is 0.333. The summed E-state index contributed by atoms with van der Waals surface area (Å²) in [5.74, 6) is 1.77. The van der Waals surface area contributed by atoms with Crippen LogP contribution in [0.4, 0.5) is 0 Å². The van der Waals surface area contributed by atoms with E-state index in [1.165, 1.54) is 5.56 Å². The van der Waals surface area contributed by atoms with Gasteiger partial charge in [0.1, 0.15) is 11.6 Å². The number of fused-ring (bicyclic) bond motifs is 1. The molecule has 1 aliphatic rings. The molecule has 1 N–H and O–H groups in total. The van der Waals surface area contributed by atoms with Crippen LogP contribution in [0.3, 0.4) is 0 Å². The fourth-order valence-corrected chi connectivity index (χ4v) is 2.79. The van der Waals surface area contributed by atoms with E-state index in [0.717, 1.165) is 41.3 Å². The van der Waals surface area contributed by atoms with E-state index in [9.17, 15) is 0 Å². The number of nitrogens with zero attached hydrogens (tertiary/aromatic N) is 2. The van der Waals surface area contributed by atoms with Gasteiger partial charge in [-0.1, -0.05) is 15.9 Å². The molecule has 0 saturated carbocycles. The number of aromatic nitrogens is 2. The second-order valence-corrected chi connectivity index (χ2v) is 5.76. The normalized spacial score (nSPS) is 17.4. The summed E-state index contributed by atoms with van der Waals surface area (Å²) in [4.78, 5) is 8.53. The minimum atomic E-state index is 0.298.